The first-order valence-corrected chi connectivity index (χ1v) is 10.1. The lowest BCUT2D eigenvalue weighted by Gasteiger charge is -2.12. The highest BCUT2D eigenvalue weighted by Gasteiger charge is 2.15. The molecule has 0 aliphatic carbocycles. The van der Waals surface area contributed by atoms with Crippen molar-refractivity contribution in [2.24, 2.45) is 0 Å². The minimum atomic E-state index is -0.343. The highest BCUT2D eigenvalue weighted by atomic mass is 35.5. The molecule has 0 atom stereocenters. The summed E-state index contributed by atoms with van der Waals surface area (Å²) in [5.74, 6) is -0.343. The lowest BCUT2D eigenvalue weighted by atomic mass is 10.2. The summed E-state index contributed by atoms with van der Waals surface area (Å²) < 4.78 is 17.7. The Bertz CT molecular complexity index is 992. The third-order valence-electron chi connectivity index (χ3n) is 4.60. The molecule has 0 saturated carbocycles. The Morgan fingerprint density at radius 2 is 2.07 bits per heavy atom. The molecule has 6 nitrogen and oxygen atoms in total. The van der Waals surface area contributed by atoms with Crippen LogP contribution >= 0.6 is 23.8 Å². The van der Waals surface area contributed by atoms with Crippen molar-refractivity contribution in [1.29, 1.82) is 0 Å². The van der Waals surface area contributed by atoms with E-state index in [1.54, 1.807) is 16.8 Å². The number of aryl methyl sites for hydroxylation is 3. The van der Waals surface area contributed by atoms with Gasteiger partial charge in [-0.2, -0.15) is 10.2 Å². The summed E-state index contributed by atoms with van der Waals surface area (Å²) in [7, 11) is 0. The van der Waals surface area contributed by atoms with E-state index in [4.69, 9.17) is 23.8 Å². The summed E-state index contributed by atoms with van der Waals surface area (Å²) in [6, 6.07) is 4.66. The monoisotopic (exact) mass is 434 g/mol. The van der Waals surface area contributed by atoms with E-state index in [2.05, 4.69) is 20.8 Å². The number of nitrogens with one attached hydrogen (secondary N) is 2. The third kappa shape index (κ3) is 5.33. The third-order valence-corrected chi connectivity index (χ3v) is 5.20. The predicted octanol–water partition coefficient (Wildman–Crippen LogP) is 4.22. The second kappa shape index (κ2) is 9.37. The van der Waals surface area contributed by atoms with Crippen molar-refractivity contribution < 1.29 is 4.39 Å². The van der Waals surface area contributed by atoms with Gasteiger partial charge in [-0.25, -0.2) is 4.39 Å². The second-order valence-corrected chi connectivity index (χ2v) is 7.73. The average Bonchev–Trinajstić information content (AvgIpc) is 3.20. The molecule has 2 N–H and O–H groups in total. The highest BCUT2D eigenvalue weighted by Crippen LogP contribution is 2.24. The van der Waals surface area contributed by atoms with Gasteiger partial charge < -0.3 is 10.6 Å². The molecule has 1 aromatic carbocycles. The Morgan fingerprint density at radius 1 is 1.28 bits per heavy atom. The fourth-order valence-corrected chi connectivity index (χ4v) is 3.48. The molecular weight excluding hydrogens is 411 g/mol. The highest BCUT2D eigenvalue weighted by molar-refractivity contribution is 7.80. The maximum absolute atomic E-state index is 14.1. The van der Waals surface area contributed by atoms with Gasteiger partial charge in [0.1, 0.15) is 5.82 Å². The fourth-order valence-electron chi connectivity index (χ4n) is 3.05. The van der Waals surface area contributed by atoms with Gasteiger partial charge in [0.25, 0.3) is 0 Å². The van der Waals surface area contributed by atoms with Crippen LogP contribution in [-0.2, 0) is 13.1 Å². The number of rotatable bonds is 7. The number of benzene rings is 1. The topological polar surface area (TPSA) is 59.7 Å². The first kappa shape index (κ1) is 21.3. The van der Waals surface area contributed by atoms with Gasteiger partial charge in [0.15, 0.2) is 5.11 Å². The molecule has 0 fully saturated rings. The summed E-state index contributed by atoms with van der Waals surface area (Å²) in [5.41, 5.74) is 4.03. The van der Waals surface area contributed by atoms with Crippen LogP contribution in [0, 0.1) is 26.6 Å². The van der Waals surface area contributed by atoms with Crippen molar-refractivity contribution in [3.05, 3.63) is 63.9 Å². The first-order valence-electron chi connectivity index (χ1n) is 9.36. The van der Waals surface area contributed by atoms with E-state index < -0.39 is 0 Å². The van der Waals surface area contributed by atoms with Crippen molar-refractivity contribution >= 4 is 34.6 Å². The van der Waals surface area contributed by atoms with Gasteiger partial charge in [-0.05, 0) is 57.1 Å². The van der Waals surface area contributed by atoms with Crippen LogP contribution in [0.4, 0.5) is 10.1 Å². The molecule has 154 valence electrons. The molecule has 0 unspecified atom stereocenters. The molecule has 0 bridgehead atoms. The van der Waals surface area contributed by atoms with E-state index >= 15 is 0 Å². The van der Waals surface area contributed by atoms with Crippen LogP contribution in [0.5, 0.6) is 0 Å². The fraction of sp³-hybridized carbons (Fsp3) is 0.350. The van der Waals surface area contributed by atoms with Crippen molar-refractivity contribution in [2.45, 2.75) is 40.3 Å². The second-order valence-electron chi connectivity index (χ2n) is 6.92. The zero-order valence-electron chi connectivity index (χ0n) is 16.7. The number of nitrogens with zero attached hydrogens (tertiary/aromatic N) is 4. The average molecular weight is 435 g/mol. The molecule has 0 amide bonds. The van der Waals surface area contributed by atoms with Crippen LogP contribution in [0.25, 0.3) is 0 Å². The van der Waals surface area contributed by atoms with Crippen LogP contribution in [0.2, 0.25) is 5.02 Å². The number of anilines is 1. The summed E-state index contributed by atoms with van der Waals surface area (Å²) in [4.78, 5) is 0. The number of hydrogen-bond acceptors (Lipinski definition) is 3. The van der Waals surface area contributed by atoms with E-state index in [0.717, 1.165) is 42.1 Å². The van der Waals surface area contributed by atoms with Crippen LogP contribution in [-0.4, -0.2) is 31.2 Å². The molecule has 2 heterocycles. The van der Waals surface area contributed by atoms with Crippen molar-refractivity contribution in [1.82, 2.24) is 24.9 Å². The van der Waals surface area contributed by atoms with E-state index in [1.807, 2.05) is 37.8 Å². The molecular formula is C20H24ClFN6S. The molecule has 0 saturated heterocycles. The SMILES string of the molecule is Cc1cnn(CCCNC(=S)Nc2c(C)nn(Cc3c(F)cccc3Cl)c2C)c1. The molecule has 0 radical (unpaired) electrons. The van der Waals surface area contributed by atoms with Gasteiger partial charge >= 0.3 is 0 Å². The maximum Gasteiger partial charge on any atom is 0.170 e. The van der Waals surface area contributed by atoms with Crippen molar-refractivity contribution in [2.75, 3.05) is 11.9 Å². The zero-order valence-corrected chi connectivity index (χ0v) is 18.2. The number of thiocarbonyl (C=S) groups is 1. The van der Waals surface area contributed by atoms with Gasteiger partial charge in [0.05, 0.1) is 29.8 Å². The van der Waals surface area contributed by atoms with Crippen molar-refractivity contribution in [3.8, 4) is 0 Å². The van der Waals surface area contributed by atoms with Crippen LogP contribution in [0.1, 0.15) is 28.9 Å². The molecule has 9 heteroatoms. The molecule has 29 heavy (non-hydrogen) atoms. The van der Waals surface area contributed by atoms with E-state index in [-0.39, 0.29) is 12.4 Å². The number of hydrogen-bond donors (Lipinski definition) is 2. The Hall–Kier alpha value is -2.45. The van der Waals surface area contributed by atoms with E-state index in [0.29, 0.717) is 15.7 Å². The number of aromatic nitrogens is 4. The molecule has 0 aliphatic rings. The summed E-state index contributed by atoms with van der Waals surface area (Å²) >= 11 is 11.6. The van der Waals surface area contributed by atoms with Gasteiger partial charge in [-0.15, -0.1) is 0 Å². The smallest absolute Gasteiger partial charge is 0.170 e. The molecule has 3 aromatic rings. The van der Waals surface area contributed by atoms with Gasteiger partial charge in [-0.1, -0.05) is 17.7 Å². The Balaban J connectivity index is 1.57. The first-order chi connectivity index (χ1) is 13.8. The largest absolute Gasteiger partial charge is 0.362 e. The zero-order chi connectivity index (χ0) is 21.0. The quantitative estimate of drug-likeness (QED) is 0.430. The predicted molar refractivity (Wildman–Crippen MR) is 118 cm³/mol. The summed E-state index contributed by atoms with van der Waals surface area (Å²) in [6.45, 7) is 7.62. The van der Waals surface area contributed by atoms with Gasteiger partial charge in [0.2, 0.25) is 0 Å². The summed E-state index contributed by atoms with van der Waals surface area (Å²) in [5, 5.41) is 16.1. The van der Waals surface area contributed by atoms with Gasteiger partial charge in [0, 0.05) is 29.9 Å². The molecule has 0 spiro atoms. The molecule has 0 aliphatic heterocycles. The van der Waals surface area contributed by atoms with Crippen molar-refractivity contribution in [3.63, 3.8) is 0 Å². The van der Waals surface area contributed by atoms with Crippen LogP contribution < -0.4 is 10.6 Å². The maximum atomic E-state index is 14.1. The van der Waals surface area contributed by atoms with Gasteiger partial charge in [-0.3, -0.25) is 9.36 Å². The number of halogens is 2. The Kier molecular flexibility index (Phi) is 6.87. The minimum absolute atomic E-state index is 0.253. The van der Waals surface area contributed by atoms with E-state index in [1.165, 1.54) is 6.07 Å². The minimum Gasteiger partial charge on any atom is -0.362 e. The Labute approximate surface area is 180 Å². The molecule has 2 aromatic heterocycles. The summed E-state index contributed by atoms with van der Waals surface area (Å²) in [6.07, 6.45) is 4.75. The van der Waals surface area contributed by atoms with E-state index in [9.17, 15) is 4.39 Å². The lowest BCUT2D eigenvalue weighted by molar-refractivity contribution is 0.573. The van der Waals surface area contributed by atoms with Crippen LogP contribution in [0.3, 0.4) is 0 Å². The normalized spacial score (nSPS) is 10.9. The standard InChI is InChI=1S/C20H24ClFN6S/c1-13-10-24-27(11-13)9-5-8-23-20(29)25-19-14(2)26-28(15(19)3)12-16-17(21)6-4-7-18(16)22/h4,6-7,10-11H,5,8-9,12H2,1-3H3,(H2,23,25,29). The Morgan fingerprint density at radius 3 is 2.76 bits per heavy atom. The molecule has 3 rings (SSSR count). The van der Waals surface area contributed by atoms with Crippen LogP contribution in [0.15, 0.2) is 30.6 Å². The lowest BCUT2D eigenvalue weighted by Crippen LogP contribution is -2.30.